The minimum Gasteiger partial charge on any atom is -0.468 e. The highest BCUT2D eigenvalue weighted by molar-refractivity contribution is 7.58. The van der Waals surface area contributed by atoms with Crippen LogP contribution in [0.3, 0.4) is 0 Å². The second-order valence-corrected chi connectivity index (χ2v) is 5.85. The Balaban J connectivity index is 5.10. The summed E-state index contributed by atoms with van der Waals surface area (Å²) in [6, 6.07) is 0. The maximum absolute atomic E-state index is 12.4. The number of methoxy groups -OCH3 is 2. The van der Waals surface area contributed by atoms with Crippen molar-refractivity contribution in [1.29, 1.82) is 0 Å². The number of rotatable bonds is 9. The highest BCUT2D eigenvalue weighted by atomic mass is 31.2. The highest BCUT2D eigenvalue weighted by Crippen LogP contribution is 2.57. The fraction of sp³-hybridized carbons (Fsp3) is 0.667. The third kappa shape index (κ3) is 5.07. The van der Waals surface area contributed by atoms with E-state index in [1.807, 2.05) is 0 Å². The quantitative estimate of drug-likeness (QED) is 0.366. The summed E-state index contributed by atoms with van der Waals surface area (Å²) in [5.74, 6) is -2.83. The third-order valence-electron chi connectivity index (χ3n) is 2.40. The van der Waals surface area contributed by atoms with Crippen LogP contribution in [0.2, 0.25) is 0 Å². The Morgan fingerprint density at radius 1 is 1.05 bits per heavy atom. The van der Waals surface area contributed by atoms with Crippen molar-refractivity contribution in [2.45, 2.75) is 20.3 Å². The predicted molar refractivity (Wildman–Crippen MR) is 72.1 cm³/mol. The van der Waals surface area contributed by atoms with Crippen molar-refractivity contribution in [3.05, 3.63) is 11.9 Å². The van der Waals surface area contributed by atoms with Gasteiger partial charge in [-0.15, -0.1) is 0 Å². The van der Waals surface area contributed by atoms with Gasteiger partial charge in [-0.2, -0.15) is 0 Å². The molecule has 0 saturated carbocycles. The molecule has 0 saturated heterocycles. The van der Waals surface area contributed by atoms with Gasteiger partial charge in [0.25, 0.3) is 0 Å². The zero-order valence-corrected chi connectivity index (χ0v) is 13.1. The summed E-state index contributed by atoms with van der Waals surface area (Å²) in [5, 5.41) is 0.0296. The van der Waals surface area contributed by atoms with Crippen LogP contribution < -0.4 is 0 Å². The van der Waals surface area contributed by atoms with Crippen molar-refractivity contribution < 1.29 is 32.7 Å². The van der Waals surface area contributed by atoms with Crippen LogP contribution >= 0.6 is 7.60 Å². The summed E-state index contributed by atoms with van der Waals surface area (Å²) in [5.41, 5.74) is 0. The first kappa shape index (κ1) is 18.8. The Kier molecular flexibility index (Phi) is 8.37. The molecule has 0 radical (unpaired) electrons. The smallest absolute Gasteiger partial charge is 0.356 e. The van der Waals surface area contributed by atoms with Crippen LogP contribution in [-0.4, -0.2) is 39.4 Å². The minimum atomic E-state index is -3.57. The van der Waals surface area contributed by atoms with E-state index in [-0.39, 0.29) is 24.9 Å². The van der Waals surface area contributed by atoms with Gasteiger partial charge in [0.2, 0.25) is 0 Å². The van der Waals surface area contributed by atoms with Crippen molar-refractivity contribution >= 4 is 19.5 Å². The molecule has 0 unspecified atom stereocenters. The number of ether oxygens (including phenoxy) is 2. The summed E-state index contributed by atoms with van der Waals surface area (Å²) in [7, 11) is -1.29. The van der Waals surface area contributed by atoms with Gasteiger partial charge < -0.3 is 18.5 Å². The molecule has 0 aliphatic carbocycles. The SMILES string of the molecule is C=C(CC(C(=O)OC)C(=O)OC)P(=O)(OCC)OCC. The molecule has 8 heteroatoms. The summed E-state index contributed by atoms with van der Waals surface area (Å²) in [6.45, 7) is 7.21. The van der Waals surface area contributed by atoms with E-state index in [0.717, 1.165) is 14.2 Å². The molecule has 0 aliphatic heterocycles. The average molecular weight is 308 g/mol. The summed E-state index contributed by atoms with van der Waals surface area (Å²) >= 11 is 0. The Labute approximate surface area is 118 Å². The molecule has 0 heterocycles. The van der Waals surface area contributed by atoms with E-state index in [1.165, 1.54) is 0 Å². The van der Waals surface area contributed by atoms with Crippen LogP contribution in [0.25, 0.3) is 0 Å². The molecule has 0 amide bonds. The van der Waals surface area contributed by atoms with E-state index < -0.39 is 25.5 Å². The molecule has 0 fully saturated rings. The number of hydrogen-bond donors (Lipinski definition) is 0. The van der Waals surface area contributed by atoms with Crippen molar-refractivity contribution in [2.24, 2.45) is 5.92 Å². The molecular formula is C12H21O7P. The maximum atomic E-state index is 12.4. The van der Waals surface area contributed by atoms with Crippen molar-refractivity contribution in [2.75, 3.05) is 27.4 Å². The Morgan fingerprint density at radius 3 is 1.75 bits per heavy atom. The Bertz CT molecular complexity index is 379. The van der Waals surface area contributed by atoms with Gasteiger partial charge in [0.1, 0.15) is 0 Å². The normalized spacial score (nSPS) is 11.2. The predicted octanol–water partition coefficient (Wildman–Crippen LogP) is 2.12. The van der Waals surface area contributed by atoms with Crippen molar-refractivity contribution in [1.82, 2.24) is 0 Å². The first-order valence-electron chi connectivity index (χ1n) is 6.09. The zero-order chi connectivity index (χ0) is 15.8. The number of hydrogen-bond acceptors (Lipinski definition) is 7. The highest BCUT2D eigenvalue weighted by Gasteiger charge is 2.36. The molecule has 0 aromatic heterocycles. The monoisotopic (exact) mass is 308 g/mol. The molecule has 116 valence electrons. The molecule has 20 heavy (non-hydrogen) atoms. The van der Waals surface area contributed by atoms with Gasteiger partial charge in [-0.1, -0.05) is 6.58 Å². The fourth-order valence-corrected chi connectivity index (χ4v) is 2.98. The molecule has 0 aromatic carbocycles. The molecular weight excluding hydrogens is 287 g/mol. The maximum Gasteiger partial charge on any atom is 0.356 e. The lowest BCUT2D eigenvalue weighted by atomic mass is 10.1. The van der Waals surface area contributed by atoms with Crippen molar-refractivity contribution in [3.63, 3.8) is 0 Å². The first-order valence-corrected chi connectivity index (χ1v) is 7.63. The van der Waals surface area contributed by atoms with Gasteiger partial charge in [0, 0.05) is 11.7 Å². The molecule has 0 bridgehead atoms. The van der Waals surface area contributed by atoms with E-state index >= 15 is 0 Å². The lowest BCUT2D eigenvalue weighted by Crippen LogP contribution is -2.27. The van der Waals surface area contributed by atoms with Crippen LogP contribution in [-0.2, 0) is 32.7 Å². The second-order valence-electron chi connectivity index (χ2n) is 3.70. The van der Waals surface area contributed by atoms with E-state index in [9.17, 15) is 14.2 Å². The van der Waals surface area contributed by atoms with Gasteiger partial charge in [0.15, 0.2) is 5.92 Å². The van der Waals surface area contributed by atoms with Crippen LogP contribution in [0.15, 0.2) is 11.9 Å². The largest absolute Gasteiger partial charge is 0.468 e. The van der Waals surface area contributed by atoms with Crippen LogP contribution in [0, 0.1) is 5.92 Å². The molecule has 0 spiro atoms. The molecule has 7 nitrogen and oxygen atoms in total. The standard InChI is InChI=1S/C12H21O7P/c1-6-18-20(15,19-7-2)9(3)8-10(11(13)16-4)12(14)17-5/h10H,3,6-8H2,1-2,4-5H3. The third-order valence-corrected chi connectivity index (χ3v) is 4.55. The van der Waals surface area contributed by atoms with Gasteiger partial charge >= 0.3 is 19.5 Å². The van der Waals surface area contributed by atoms with E-state index in [4.69, 9.17) is 9.05 Å². The number of carbonyl (C=O) groups is 2. The van der Waals surface area contributed by atoms with Crippen LogP contribution in [0.5, 0.6) is 0 Å². The number of carbonyl (C=O) groups excluding carboxylic acids is 2. The van der Waals surface area contributed by atoms with Gasteiger partial charge in [-0.3, -0.25) is 14.2 Å². The average Bonchev–Trinajstić information content (AvgIpc) is 2.43. The lowest BCUT2D eigenvalue weighted by molar-refractivity contribution is -0.158. The summed E-state index contributed by atoms with van der Waals surface area (Å²) < 4.78 is 31.6. The molecule has 0 aliphatic rings. The van der Waals surface area contributed by atoms with E-state index in [0.29, 0.717) is 0 Å². The van der Waals surface area contributed by atoms with Gasteiger partial charge in [0.05, 0.1) is 27.4 Å². The zero-order valence-electron chi connectivity index (χ0n) is 12.2. The molecule has 0 atom stereocenters. The summed E-state index contributed by atoms with van der Waals surface area (Å²) in [6.07, 6.45) is -0.226. The van der Waals surface area contributed by atoms with Crippen molar-refractivity contribution in [3.8, 4) is 0 Å². The van der Waals surface area contributed by atoms with Gasteiger partial charge in [-0.05, 0) is 13.8 Å². The van der Waals surface area contributed by atoms with E-state index in [2.05, 4.69) is 16.1 Å². The van der Waals surface area contributed by atoms with E-state index in [1.54, 1.807) is 13.8 Å². The first-order chi connectivity index (χ1) is 9.36. The Morgan fingerprint density at radius 2 is 1.45 bits per heavy atom. The number of allylic oxidation sites excluding steroid dienone is 1. The Hall–Kier alpha value is -1.17. The summed E-state index contributed by atoms with van der Waals surface area (Å²) in [4.78, 5) is 23.1. The molecule has 0 aromatic rings. The fourth-order valence-electron chi connectivity index (χ4n) is 1.45. The van der Waals surface area contributed by atoms with Crippen LogP contribution in [0.4, 0.5) is 0 Å². The molecule has 0 rings (SSSR count). The topological polar surface area (TPSA) is 88.1 Å². The van der Waals surface area contributed by atoms with Gasteiger partial charge in [-0.25, -0.2) is 0 Å². The van der Waals surface area contributed by atoms with Crippen LogP contribution in [0.1, 0.15) is 20.3 Å². The second kappa shape index (κ2) is 8.89. The lowest BCUT2D eigenvalue weighted by Gasteiger charge is -2.21. The number of esters is 2. The minimum absolute atomic E-state index is 0.0296. The molecule has 0 N–H and O–H groups in total.